The minimum absolute atomic E-state index is 0.218. The molecular formula is C14H18FNO. The average molecular weight is 235 g/mol. The molecule has 17 heavy (non-hydrogen) atoms. The van der Waals surface area contributed by atoms with Crippen molar-refractivity contribution in [3.8, 4) is 0 Å². The van der Waals surface area contributed by atoms with Crippen LogP contribution in [0.2, 0.25) is 0 Å². The molecule has 0 aliphatic rings. The molecule has 0 amide bonds. The SMILES string of the molecule is Cc1ccc(F)c2cc(CNCC(C)C)oc12. The van der Waals surface area contributed by atoms with Crippen molar-refractivity contribution in [1.29, 1.82) is 0 Å². The van der Waals surface area contributed by atoms with Gasteiger partial charge in [-0.05, 0) is 37.1 Å². The highest BCUT2D eigenvalue weighted by atomic mass is 19.1. The van der Waals surface area contributed by atoms with Crippen LogP contribution in [0, 0.1) is 18.7 Å². The van der Waals surface area contributed by atoms with E-state index in [1.807, 2.05) is 6.92 Å². The molecule has 0 unspecified atom stereocenters. The van der Waals surface area contributed by atoms with Gasteiger partial charge in [-0.2, -0.15) is 0 Å². The summed E-state index contributed by atoms with van der Waals surface area (Å²) in [5.74, 6) is 1.16. The molecule has 0 atom stereocenters. The zero-order valence-corrected chi connectivity index (χ0v) is 10.5. The third kappa shape index (κ3) is 2.67. The van der Waals surface area contributed by atoms with E-state index >= 15 is 0 Å². The van der Waals surface area contributed by atoms with Crippen LogP contribution in [-0.4, -0.2) is 6.54 Å². The number of hydrogen-bond acceptors (Lipinski definition) is 2. The van der Waals surface area contributed by atoms with Crippen LogP contribution in [0.25, 0.3) is 11.0 Å². The van der Waals surface area contributed by atoms with Gasteiger partial charge >= 0.3 is 0 Å². The second-order valence-corrected chi connectivity index (χ2v) is 4.84. The van der Waals surface area contributed by atoms with Crippen LogP contribution in [0.3, 0.4) is 0 Å². The molecule has 0 fully saturated rings. The summed E-state index contributed by atoms with van der Waals surface area (Å²) in [6.07, 6.45) is 0. The summed E-state index contributed by atoms with van der Waals surface area (Å²) >= 11 is 0. The predicted molar refractivity (Wildman–Crippen MR) is 67.5 cm³/mol. The summed E-state index contributed by atoms with van der Waals surface area (Å²) in [6.45, 7) is 7.80. The molecule has 2 rings (SSSR count). The molecule has 0 bridgehead atoms. The second kappa shape index (κ2) is 4.88. The average Bonchev–Trinajstić information content (AvgIpc) is 2.68. The molecule has 1 N–H and O–H groups in total. The molecule has 0 aliphatic heterocycles. The Morgan fingerprint density at radius 2 is 2.12 bits per heavy atom. The molecule has 0 radical (unpaired) electrons. The van der Waals surface area contributed by atoms with Crippen LogP contribution in [-0.2, 0) is 6.54 Å². The van der Waals surface area contributed by atoms with Gasteiger partial charge in [0.05, 0.1) is 11.9 Å². The maximum Gasteiger partial charge on any atom is 0.140 e. The fraction of sp³-hybridized carbons (Fsp3) is 0.429. The molecule has 0 saturated heterocycles. The number of furan rings is 1. The number of halogens is 1. The standard InChI is InChI=1S/C14H18FNO/c1-9(2)7-16-8-11-6-12-13(15)5-4-10(3)14(12)17-11/h4-6,9,16H,7-8H2,1-3H3. The zero-order chi connectivity index (χ0) is 12.4. The summed E-state index contributed by atoms with van der Waals surface area (Å²) in [5, 5.41) is 3.86. The lowest BCUT2D eigenvalue weighted by Gasteiger charge is -2.04. The van der Waals surface area contributed by atoms with Crippen molar-refractivity contribution in [3.63, 3.8) is 0 Å². The van der Waals surface area contributed by atoms with E-state index in [2.05, 4.69) is 19.2 Å². The smallest absolute Gasteiger partial charge is 0.140 e. The van der Waals surface area contributed by atoms with E-state index in [9.17, 15) is 4.39 Å². The zero-order valence-electron chi connectivity index (χ0n) is 10.5. The Bertz CT molecular complexity index is 477. The number of rotatable bonds is 4. The van der Waals surface area contributed by atoms with Crippen molar-refractivity contribution >= 4 is 11.0 Å². The molecule has 0 saturated carbocycles. The summed E-state index contributed by atoms with van der Waals surface area (Å²) in [7, 11) is 0. The Morgan fingerprint density at radius 3 is 2.76 bits per heavy atom. The quantitative estimate of drug-likeness (QED) is 0.875. The van der Waals surface area contributed by atoms with Crippen LogP contribution in [0.1, 0.15) is 25.2 Å². The highest BCUT2D eigenvalue weighted by Gasteiger charge is 2.10. The summed E-state index contributed by atoms with van der Waals surface area (Å²) in [6, 6.07) is 5.01. The largest absolute Gasteiger partial charge is 0.459 e. The highest BCUT2D eigenvalue weighted by molar-refractivity contribution is 5.81. The van der Waals surface area contributed by atoms with Gasteiger partial charge in [0.2, 0.25) is 0 Å². The van der Waals surface area contributed by atoms with Crippen molar-refractivity contribution in [3.05, 3.63) is 35.3 Å². The maximum absolute atomic E-state index is 13.5. The van der Waals surface area contributed by atoms with Gasteiger partial charge in [0.1, 0.15) is 17.2 Å². The van der Waals surface area contributed by atoms with Crippen molar-refractivity contribution in [2.45, 2.75) is 27.3 Å². The Hall–Kier alpha value is -1.35. The van der Waals surface area contributed by atoms with E-state index in [1.54, 1.807) is 12.1 Å². The molecule has 3 heteroatoms. The summed E-state index contributed by atoms with van der Waals surface area (Å²) in [4.78, 5) is 0. The minimum atomic E-state index is -0.218. The van der Waals surface area contributed by atoms with Gasteiger partial charge < -0.3 is 9.73 Å². The molecule has 2 aromatic rings. The normalized spacial score (nSPS) is 11.6. The first-order chi connectivity index (χ1) is 8.08. The second-order valence-electron chi connectivity index (χ2n) is 4.84. The first-order valence-electron chi connectivity index (χ1n) is 5.96. The van der Waals surface area contributed by atoms with E-state index < -0.39 is 0 Å². The molecule has 1 aromatic heterocycles. The lowest BCUT2D eigenvalue weighted by Crippen LogP contribution is -2.18. The molecule has 1 aromatic carbocycles. The number of hydrogen-bond donors (Lipinski definition) is 1. The van der Waals surface area contributed by atoms with Crippen LogP contribution in [0.4, 0.5) is 4.39 Å². The molecule has 0 spiro atoms. The molecule has 2 nitrogen and oxygen atoms in total. The van der Waals surface area contributed by atoms with Gasteiger partial charge in [0.15, 0.2) is 0 Å². The van der Waals surface area contributed by atoms with Crippen LogP contribution < -0.4 is 5.32 Å². The lowest BCUT2D eigenvalue weighted by molar-refractivity contribution is 0.484. The molecule has 1 heterocycles. The van der Waals surface area contributed by atoms with Crippen molar-refractivity contribution in [2.24, 2.45) is 5.92 Å². The summed E-state index contributed by atoms with van der Waals surface area (Å²) < 4.78 is 19.2. The Balaban J connectivity index is 2.20. The molecular weight excluding hydrogens is 217 g/mol. The van der Waals surface area contributed by atoms with Gasteiger partial charge in [-0.3, -0.25) is 0 Å². The monoisotopic (exact) mass is 235 g/mol. The van der Waals surface area contributed by atoms with Crippen LogP contribution >= 0.6 is 0 Å². The van der Waals surface area contributed by atoms with E-state index in [0.29, 0.717) is 23.4 Å². The molecule has 92 valence electrons. The number of aryl methyl sites for hydroxylation is 1. The van der Waals surface area contributed by atoms with Gasteiger partial charge in [0, 0.05) is 0 Å². The van der Waals surface area contributed by atoms with E-state index in [1.165, 1.54) is 6.07 Å². The minimum Gasteiger partial charge on any atom is -0.459 e. The van der Waals surface area contributed by atoms with Crippen molar-refractivity contribution < 1.29 is 8.81 Å². The Kier molecular flexibility index (Phi) is 3.48. The fourth-order valence-corrected chi connectivity index (χ4v) is 1.85. The third-order valence-corrected chi connectivity index (χ3v) is 2.73. The van der Waals surface area contributed by atoms with E-state index in [0.717, 1.165) is 17.9 Å². The van der Waals surface area contributed by atoms with Crippen LogP contribution in [0.15, 0.2) is 22.6 Å². The number of benzene rings is 1. The van der Waals surface area contributed by atoms with E-state index in [4.69, 9.17) is 4.42 Å². The number of fused-ring (bicyclic) bond motifs is 1. The van der Waals surface area contributed by atoms with Crippen molar-refractivity contribution in [2.75, 3.05) is 6.54 Å². The third-order valence-electron chi connectivity index (χ3n) is 2.73. The van der Waals surface area contributed by atoms with Gasteiger partial charge in [0.25, 0.3) is 0 Å². The first kappa shape index (κ1) is 12.1. The predicted octanol–water partition coefficient (Wildman–Crippen LogP) is 3.63. The first-order valence-corrected chi connectivity index (χ1v) is 5.96. The number of nitrogens with one attached hydrogen (secondary N) is 1. The Labute approximate surface area is 101 Å². The topological polar surface area (TPSA) is 25.2 Å². The summed E-state index contributed by atoms with van der Waals surface area (Å²) in [5.41, 5.74) is 1.63. The van der Waals surface area contributed by atoms with Crippen molar-refractivity contribution in [1.82, 2.24) is 5.32 Å². The maximum atomic E-state index is 13.5. The fourth-order valence-electron chi connectivity index (χ4n) is 1.85. The lowest BCUT2D eigenvalue weighted by atomic mass is 10.1. The Morgan fingerprint density at radius 1 is 1.35 bits per heavy atom. The van der Waals surface area contributed by atoms with Gasteiger partial charge in [-0.1, -0.05) is 19.9 Å². The molecule has 0 aliphatic carbocycles. The highest BCUT2D eigenvalue weighted by Crippen LogP contribution is 2.25. The van der Waals surface area contributed by atoms with Gasteiger partial charge in [-0.25, -0.2) is 4.39 Å². The van der Waals surface area contributed by atoms with Crippen LogP contribution in [0.5, 0.6) is 0 Å². The van der Waals surface area contributed by atoms with Gasteiger partial charge in [-0.15, -0.1) is 0 Å². The van der Waals surface area contributed by atoms with E-state index in [-0.39, 0.29) is 5.82 Å².